The molecule has 1 saturated heterocycles. The van der Waals surface area contributed by atoms with Crippen molar-refractivity contribution in [1.29, 1.82) is 0 Å². The largest absolute Gasteiger partial charge is 0.445 e. The van der Waals surface area contributed by atoms with E-state index in [4.69, 9.17) is 10.5 Å². The third-order valence-corrected chi connectivity index (χ3v) is 6.92. The number of nitrogens with zero attached hydrogens (tertiary/aromatic N) is 1. The molecule has 0 unspecified atom stereocenters. The zero-order valence-electron chi connectivity index (χ0n) is 19.4. The number of amides is 3. The van der Waals surface area contributed by atoms with Gasteiger partial charge in [-0.1, -0.05) is 62.7 Å². The van der Waals surface area contributed by atoms with Gasteiger partial charge < -0.3 is 20.7 Å². The number of carbonyl (C=O) groups excluding carboxylic acids is 3. The number of benzene rings is 2. The number of nitrogens with two attached hydrogens (primary N) is 1. The highest BCUT2D eigenvalue weighted by molar-refractivity contribution is 5.91. The average molecular weight is 468 g/mol. The van der Waals surface area contributed by atoms with Gasteiger partial charge in [-0.05, 0) is 40.2 Å². The molecule has 1 heterocycles. The summed E-state index contributed by atoms with van der Waals surface area (Å²) in [5.41, 5.74) is 11.0. The fourth-order valence-corrected chi connectivity index (χ4v) is 4.83. The number of likely N-dealkylation sites (tertiary alicyclic amines) is 1. The van der Waals surface area contributed by atoms with Crippen molar-refractivity contribution < 1.29 is 23.5 Å². The van der Waals surface area contributed by atoms with E-state index < -0.39 is 36.2 Å². The summed E-state index contributed by atoms with van der Waals surface area (Å²) in [7, 11) is 0. The zero-order chi connectivity index (χ0) is 24.4. The third kappa shape index (κ3) is 4.62. The first-order valence-electron chi connectivity index (χ1n) is 11.7. The van der Waals surface area contributed by atoms with Crippen LogP contribution in [0.3, 0.4) is 0 Å². The van der Waals surface area contributed by atoms with Gasteiger partial charge in [0.2, 0.25) is 11.8 Å². The molecule has 2 aromatic carbocycles. The lowest BCUT2D eigenvalue weighted by molar-refractivity contribution is -0.140. The van der Waals surface area contributed by atoms with E-state index in [0.717, 1.165) is 28.0 Å². The van der Waals surface area contributed by atoms with Gasteiger partial charge in [-0.25, -0.2) is 9.18 Å². The van der Waals surface area contributed by atoms with E-state index in [1.54, 1.807) is 0 Å². The summed E-state index contributed by atoms with van der Waals surface area (Å²) in [4.78, 5) is 38.7. The Balaban J connectivity index is 1.44. The summed E-state index contributed by atoms with van der Waals surface area (Å²) < 4.78 is 19.5. The number of alkyl halides is 1. The quantitative estimate of drug-likeness (QED) is 0.557. The summed E-state index contributed by atoms with van der Waals surface area (Å²) in [5, 5.41) is 2.65. The Kier molecular flexibility index (Phi) is 6.86. The molecule has 2 aliphatic rings. The van der Waals surface area contributed by atoms with Crippen molar-refractivity contribution in [3.05, 3.63) is 59.2 Å². The van der Waals surface area contributed by atoms with Gasteiger partial charge in [0.15, 0.2) is 0 Å². The predicted octanol–water partition coefficient (Wildman–Crippen LogP) is 3.32. The number of carbonyl (C=O) groups is 3. The van der Waals surface area contributed by atoms with Crippen LogP contribution in [-0.2, 0) is 27.4 Å². The number of hydrogen-bond acceptors (Lipinski definition) is 4. The van der Waals surface area contributed by atoms with E-state index >= 15 is 0 Å². The Labute approximate surface area is 198 Å². The minimum absolute atomic E-state index is 0.0601. The van der Waals surface area contributed by atoms with Crippen molar-refractivity contribution in [3.63, 3.8) is 0 Å². The number of primary amides is 1. The van der Waals surface area contributed by atoms with Gasteiger partial charge in [0.1, 0.15) is 24.9 Å². The molecular formula is C26H30FN3O4. The fraction of sp³-hybridized carbons (Fsp3) is 0.423. The fourth-order valence-electron chi connectivity index (χ4n) is 4.83. The highest BCUT2D eigenvalue weighted by atomic mass is 19.1. The zero-order valence-corrected chi connectivity index (χ0v) is 19.4. The summed E-state index contributed by atoms with van der Waals surface area (Å²) >= 11 is 0. The second kappa shape index (κ2) is 9.83. The second-order valence-electron chi connectivity index (χ2n) is 9.10. The molecule has 0 bridgehead atoms. The summed E-state index contributed by atoms with van der Waals surface area (Å²) in [6, 6.07) is 12.2. The van der Waals surface area contributed by atoms with Gasteiger partial charge in [0.25, 0.3) is 0 Å². The third-order valence-electron chi connectivity index (χ3n) is 6.92. The van der Waals surface area contributed by atoms with Crippen molar-refractivity contribution in [1.82, 2.24) is 10.2 Å². The second-order valence-corrected chi connectivity index (χ2v) is 9.10. The molecule has 180 valence electrons. The first-order valence-corrected chi connectivity index (χ1v) is 11.7. The minimum atomic E-state index is -1.32. The minimum Gasteiger partial charge on any atom is -0.445 e. The maximum Gasteiger partial charge on any atom is 0.408 e. The van der Waals surface area contributed by atoms with Gasteiger partial charge in [-0.3, -0.25) is 9.59 Å². The van der Waals surface area contributed by atoms with Crippen LogP contribution in [0.15, 0.2) is 42.5 Å². The summed E-state index contributed by atoms with van der Waals surface area (Å²) in [6.07, 6.45) is -0.821. The van der Waals surface area contributed by atoms with Crippen molar-refractivity contribution in [2.45, 2.75) is 58.0 Å². The smallest absolute Gasteiger partial charge is 0.408 e. The van der Waals surface area contributed by atoms with Gasteiger partial charge in [0.05, 0.1) is 6.54 Å². The first-order chi connectivity index (χ1) is 16.3. The number of nitrogens with one attached hydrogen (secondary N) is 1. The average Bonchev–Trinajstić information content (AvgIpc) is 3.41. The van der Waals surface area contributed by atoms with Gasteiger partial charge in [-0.15, -0.1) is 0 Å². The number of hydrogen-bond donors (Lipinski definition) is 2. The van der Waals surface area contributed by atoms with Crippen molar-refractivity contribution in [3.8, 4) is 11.1 Å². The molecule has 34 heavy (non-hydrogen) atoms. The Morgan fingerprint density at radius 1 is 1.18 bits per heavy atom. The van der Waals surface area contributed by atoms with E-state index in [1.807, 2.05) is 38.1 Å². The Morgan fingerprint density at radius 2 is 1.91 bits per heavy atom. The van der Waals surface area contributed by atoms with Crippen LogP contribution in [0.5, 0.6) is 0 Å². The maximum atomic E-state index is 14.0. The number of ether oxygens (including phenoxy) is 1. The van der Waals surface area contributed by atoms with Gasteiger partial charge in [0, 0.05) is 6.42 Å². The Bertz CT molecular complexity index is 1110. The monoisotopic (exact) mass is 467 g/mol. The van der Waals surface area contributed by atoms with Crippen LogP contribution in [-0.4, -0.2) is 47.6 Å². The van der Waals surface area contributed by atoms with Crippen LogP contribution in [0, 0.1) is 5.92 Å². The predicted molar refractivity (Wildman–Crippen MR) is 125 cm³/mol. The van der Waals surface area contributed by atoms with Crippen LogP contribution in [0.25, 0.3) is 11.1 Å². The first kappa shape index (κ1) is 23.7. The van der Waals surface area contributed by atoms with Crippen molar-refractivity contribution in [2.75, 3.05) is 6.54 Å². The Morgan fingerprint density at radius 3 is 2.65 bits per heavy atom. The molecule has 1 aliphatic carbocycles. The van der Waals surface area contributed by atoms with E-state index in [2.05, 4.69) is 23.5 Å². The van der Waals surface area contributed by atoms with Crippen molar-refractivity contribution in [2.24, 2.45) is 11.7 Å². The summed E-state index contributed by atoms with van der Waals surface area (Å²) in [6.45, 7) is 3.54. The highest BCUT2D eigenvalue weighted by Gasteiger charge is 2.42. The normalized spacial score (nSPS) is 20.3. The lowest BCUT2D eigenvalue weighted by atomic mass is 9.97. The molecule has 4 rings (SSSR count). The maximum absolute atomic E-state index is 14.0. The molecule has 0 saturated carbocycles. The topological polar surface area (TPSA) is 102 Å². The molecule has 8 heteroatoms. The molecule has 1 aliphatic heterocycles. The van der Waals surface area contributed by atoms with Crippen LogP contribution in [0.2, 0.25) is 0 Å². The molecule has 1 fully saturated rings. The standard InChI is InChI=1S/C26H30FN3O4/c1-3-15(2)23(25(32)30-13-18(27)12-22(30)24(28)31)29-26(33)34-14-17-8-6-10-20-19-9-5-4-7-16(19)11-21(17)20/h4-10,15,18,22-23H,3,11-14H2,1-2H3,(H2,28,31)(H,29,33)/t15-,18+,22+,23-/m0/s1. The van der Waals surface area contributed by atoms with E-state index in [0.29, 0.717) is 6.42 Å². The molecule has 0 spiro atoms. The van der Waals surface area contributed by atoms with Crippen LogP contribution >= 0.6 is 0 Å². The number of halogens is 1. The van der Waals surface area contributed by atoms with Crippen LogP contribution in [0.1, 0.15) is 43.4 Å². The number of fused-ring (bicyclic) bond motifs is 3. The lowest BCUT2D eigenvalue weighted by Crippen LogP contribution is -2.55. The molecule has 0 aromatic heterocycles. The van der Waals surface area contributed by atoms with E-state index in [9.17, 15) is 18.8 Å². The molecule has 4 atom stereocenters. The van der Waals surface area contributed by atoms with Crippen molar-refractivity contribution >= 4 is 17.9 Å². The lowest BCUT2D eigenvalue weighted by Gasteiger charge is -2.30. The van der Waals surface area contributed by atoms with E-state index in [-0.39, 0.29) is 25.5 Å². The SMILES string of the molecule is CC[C@H](C)[C@H](NC(=O)OCc1cccc2c1Cc1ccccc1-2)C(=O)N1C[C@H](F)C[C@@H]1C(N)=O. The van der Waals surface area contributed by atoms with Crippen LogP contribution in [0.4, 0.5) is 9.18 Å². The summed E-state index contributed by atoms with van der Waals surface area (Å²) in [5.74, 6) is -1.52. The molecule has 3 N–H and O–H groups in total. The van der Waals surface area contributed by atoms with Crippen LogP contribution < -0.4 is 11.1 Å². The van der Waals surface area contributed by atoms with Gasteiger partial charge >= 0.3 is 6.09 Å². The molecule has 7 nitrogen and oxygen atoms in total. The number of alkyl carbamates (subject to hydrolysis) is 1. The highest BCUT2D eigenvalue weighted by Crippen LogP contribution is 2.38. The molecule has 0 radical (unpaired) electrons. The molecule has 3 amide bonds. The number of rotatable bonds is 7. The van der Waals surface area contributed by atoms with E-state index in [1.165, 1.54) is 11.1 Å². The Hall–Kier alpha value is -3.42. The molecular weight excluding hydrogens is 437 g/mol. The van der Waals surface area contributed by atoms with Gasteiger partial charge in [-0.2, -0.15) is 0 Å². The molecule has 2 aromatic rings.